The Kier molecular flexibility index (Phi) is 5.16. The van der Waals surface area contributed by atoms with Gasteiger partial charge in [-0.1, -0.05) is 29.8 Å². The van der Waals surface area contributed by atoms with Gasteiger partial charge in [0.15, 0.2) is 0 Å². The van der Waals surface area contributed by atoms with Crippen LogP contribution in [-0.2, 0) is 17.8 Å². The monoisotopic (exact) mass is 321 g/mol. The molecule has 0 saturated heterocycles. The number of benzene rings is 1. The number of amides is 1. The van der Waals surface area contributed by atoms with Gasteiger partial charge >= 0.3 is 5.69 Å². The summed E-state index contributed by atoms with van der Waals surface area (Å²) in [4.78, 5) is 36.5. The summed E-state index contributed by atoms with van der Waals surface area (Å²) in [5.41, 5.74) is -0.159. The highest BCUT2D eigenvalue weighted by Crippen LogP contribution is 2.16. The Hall–Kier alpha value is -2.34. The molecule has 0 spiro atoms. The molecular weight excluding hydrogens is 306 g/mol. The summed E-state index contributed by atoms with van der Waals surface area (Å²) in [5, 5.41) is 3.45. The van der Waals surface area contributed by atoms with Crippen LogP contribution in [0.2, 0.25) is 5.02 Å². The highest BCUT2D eigenvalue weighted by Gasteiger charge is 2.11. The van der Waals surface area contributed by atoms with Gasteiger partial charge in [-0.15, -0.1) is 0 Å². The molecule has 1 heterocycles. The van der Waals surface area contributed by atoms with Gasteiger partial charge in [-0.25, -0.2) is 4.79 Å². The predicted molar refractivity (Wildman–Crippen MR) is 84.1 cm³/mol. The molecule has 1 atom stereocenters. The van der Waals surface area contributed by atoms with Crippen molar-refractivity contribution in [2.24, 2.45) is 0 Å². The van der Waals surface area contributed by atoms with Crippen molar-refractivity contribution in [3.05, 3.63) is 68.0 Å². The number of aromatic nitrogens is 2. The first-order valence-corrected chi connectivity index (χ1v) is 7.16. The molecule has 0 aliphatic heterocycles. The molecule has 0 aliphatic carbocycles. The van der Waals surface area contributed by atoms with Gasteiger partial charge in [-0.3, -0.25) is 19.1 Å². The van der Waals surface area contributed by atoms with Crippen LogP contribution in [0.3, 0.4) is 0 Å². The summed E-state index contributed by atoms with van der Waals surface area (Å²) >= 11 is 6.08. The average Bonchev–Trinajstić information content (AvgIpc) is 2.44. The van der Waals surface area contributed by atoms with Crippen molar-refractivity contribution in [3.63, 3.8) is 0 Å². The van der Waals surface area contributed by atoms with E-state index in [0.717, 1.165) is 10.1 Å². The molecule has 0 radical (unpaired) electrons. The molecule has 7 heteroatoms. The number of halogens is 1. The SMILES string of the molecule is CC(Cc1ccccc1Cl)NC(=O)Cn1ccc(=O)[nH]c1=O. The van der Waals surface area contributed by atoms with Gasteiger partial charge in [-0.2, -0.15) is 0 Å². The van der Waals surface area contributed by atoms with Crippen molar-refractivity contribution in [2.45, 2.75) is 25.9 Å². The number of rotatable bonds is 5. The van der Waals surface area contributed by atoms with Gasteiger partial charge in [0.2, 0.25) is 5.91 Å². The van der Waals surface area contributed by atoms with Gasteiger partial charge in [0.25, 0.3) is 5.56 Å². The van der Waals surface area contributed by atoms with E-state index in [1.165, 1.54) is 12.3 Å². The lowest BCUT2D eigenvalue weighted by atomic mass is 10.1. The summed E-state index contributed by atoms with van der Waals surface area (Å²) < 4.78 is 1.14. The van der Waals surface area contributed by atoms with Crippen LogP contribution in [-0.4, -0.2) is 21.5 Å². The average molecular weight is 322 g/mol. The fourth-order valence-electron chi connectivity index (χ4n) is 2.09. The number of nitrogens with zero attached hydrogens (tertiary/aromatic N) is 1. The third kappa shape index (κ3) is 4.33. The zero-order valence-electron chi connectivity index (χ0n) is 12.0. The van der Waals surface area contributed by atoms with E-state index >= 15 is 0 Å². The van der Waals surface area contributed by atoms with Crippen LogP contribution in [0.5, 0.6) is 0 Å². The van der Waals surface area contributed by atoms with Crippen LogP contribution < -0.4 is 16.6 Å². The molecule has 1 aromatic carbocycles. The maximum absolute atomic E-state index is 11.9. The Bertz CT molecular complexity index is 782. The zero-order valence-corrected chi connectivity index (χ0v) is 12.8. The number of carbonyl (C=O) groups is 1. The number of hydrogen-bond acceptors (Lipinski definition) is 3. The first kappa shape index (κ1) is 16.0. The topological polar surface area (TPSA) is 84.0 Å². The van der Waals surface area contributed by atoms with E-state index in [2.05, 4.69) is 10.3 Å². The fraction of sp³-hybridized carbons (Fsp3) is 0.267. The molecule has 0 bridgehead atoms. The summed E-state index contributed by atoms with van der Waals surface area (Å²) in [6, 6.07) is 8.49. The van der Waals surface area contributed by atoms with Crippen LogP contribution in [0.25, 0.3) is 0 Å². The molecule has 1 aromatic heterocycles. The van der Waals surface area contributed by atoms with Crippen LogP contribution in [0.15, 0.2) is 46.1 Å². The van der Waals surface area contributed by atoms with E-state index in [4.69, 9.17) is 11.6 Å². The van der Waals surface area contributed by atoms with Gasteiger partial charge in [0.1, 0.15) is 6.54 Å². The minimum absolute atomic E-state index is 0.133. The Morgan fingerprint density at radius 3 is 2.73 bits per heavy atom. The van der Waals surface area contributed by atoms with E-state index in [1.54, 1.807) is 6.07 Å². The third-order valence-corrected chi connectivity index (χ3v) is 3.47. The maximum Gasteiger partial charge on any atom is 0.328 e. The van der Waals surface area contributed by atoms with Crippen molar-refractivity contribution in [1.82, 2.24) is 14.9 Å². The quantitative estimate of drug-likeness (QED) is 0.859. The predicted octanol–water partition coefficient (Wildman–Crippen LogP) is 0.937. The highest BCUT2D eigenvalue weighted by atomic mass is 35.5. The summed E-state index contributed by atoms with van der Waals surface area (Å²) in [6.07, 6.45) is 1.88. The molecule has 6 nitrogen and oxygen atoms in total. The fourth-order valence-corrected chi connectivity index (χ4v) is 2.30. The first-order valence-electron chi connectivity index (χ1n) is 6.78. The smallest absolute Gasteiger partial charge is 0.328 e. The molecule has 22 heavy (non-hydrogen) atoms. The second-order valence-corrected chi connectivity index (χ2v) is 5.41. The second-order valence-electron chi connectivity index (χ2n) is 5.00. The normalized spacial score (nSPS) is 11.9. The van der Waals surface area contributed by atoms with E-state index in [9.17, 15) is 14.4 Å². The minimum Gasteiger partial charge on any atom is -0.352 e. The molecule has 116 valence electrons. The Morgan fingerprint density at radius 2 is 2.05 bits per heavy atom. The van der Waals surface area contributed by atoms with Gasteiger partial charge < -0.3 is 5.32 Å². The van der Waals surface area contributed by atoms with Gasteiger partial charge in [0, 0.05) is 23.3 Å². The van der Waals surface area contributed by atoms with E-state index < -0.39 is 11.2 Å². The third-order valence-electron chi connectivity index (χ3n) is 3.10. The molecule has 0 saturated carbocycles. The van der Waals surface area contributed by atoms with Crippen molar-refractivity contribution in [3.8, 4) is 0 Å². The zero-order chi connectivity index (χ0) is 16.1. The second kappa shape index (κ2) is 7.09. The number of aromatic amines is 1. The van der Waals surface area contributed by atoms with Crippen molar-refractivity contribution >= 4 is 17.5 Å². The van der Waals surface area contributed by atoms with E-state index in [0.29, 0.717) is 11.4 Å². The minimum atomic E-state index is -0.610. The molecule has 2 rings (SSSR count). The number of nitrogens with one attached hydrogen (secondary N) is 2. The number of carbonyl (C=O) groups excluding carboxylic acids is 1. The van der Waals surface area contributed by atoms with E-state index in [1.807, 2.05) is 25.1 Å². The van der Waals surface area contributed by atoms with Crippen LogP contribution in [0.4, 0.5) is 0 Å². The van der Waals surface area contributed by atoms with Crippen molar-refractivity contribution in [1.29, 1.82) is 0 Å². The molecule has 0 fully saturated rings. The summed E-state index contributed by atoms with van der Waals surface area (Å²) in [7, 11) is 0. The Labute approximate surface area is 131 Å². The van der Waals surface area contributed by atoms with Gasteiger partial charge in [-0.05, 0) is 25.0 Å². The maximum atomic E-state index is 11.9. The van der Waals surface area contributed by atoms with Gasteiger partial charge in [0.05, 0.1) is 0 Å². The lowest BCUT2D eigenvalue weighted by Gasteiger charge is -2.15. The molecule has 1 unspecified atom stereocenters. The van der Waals surface area contributed by atoms with Crippen LogP contribution in [0, 0.1) is 0 Å². The van der Waals surface area contributed by atoms with Crippen LogP contribution >= 0.6 is 11.6 Å². The standard InChI is InChI=1S/C15H16ClN3O3/c1-10(8-11-4-2-3-5-12(11)16)17-14(21)9-19-7-6-13(20)18-15(19)22/h2-7,10H,8-9H2,1H3,(H,17,21)(H,18,20,22). The highest BCUT2D eigenvalue weighted by molar-refractivity contribution is 6.31. The number of hydrogen-bond donors (Lipinski definition) is 2. The largest absolute Gasteiger partial charge is 0.352 e. The molecule has 1 amide bonds. The number of H-pyrrole nitrogens is 1. The van der Waals surface area contributed by atoms with Crippen molar-refractivity contribution < 1.29 is 4.79 Å². The molecular formula is C15H16ClN3O3. The Morgan fingerprint density at radius 1 is 1.32 bits per heavy atom. The lowest BCUT2D eigenvalue weighted by molar-refractivity contribution is -0.122. The molecule has 2 aromatic rings. The summed E-state index contributed by atoms with van der Waals surface area (Å²) in [6.45, 7) is 1.71. The van der Waals surface area contributed by atoms with Crippen LogP contribution in [0.1, 0.15) is 12.5 Å². The molecule has 2 N–H and O–H groups in total. The van der Waals surface area contributed by atoms with Crippen molar-refractivity contribution in [2.75, 3.05) is 0 Å². The molecule has 0 aliphatic rings. The lowest BCUT2D eigenvalue weighted by Crippen LogP contribution is -2.39. The summed E-state index contributed by atoms with van der Waals surface area (Å²) in [5.74, 6) is -0.311. The Balaban J connectivity index is 1.95. The first-order chi connectivity index (χ1) is 10.5. The van der Waals surface area contributed by atoms with E-state index in [-0.39, 0.29) is 18.5 Å².